The van der Waals surface area contributed by atoms with Gasteiger partial charge in [0.05, 0.1) is 18.8 Å². The largest absolute Gasteiger partial charge is 0.498 e. The minimum Gasteiger partial charge on any atom is -0.498 e. The van der Waals surface area contributed by atoms with Crippen LogP contribution in [0, 0.1) is 0 Å². The lowest BCUT2D eigenvalue weighted by atomic mass is 10.2. The molecule has 0 bridgehead atoms. The maximum Gasteiger partial charge on any atom is 0.309 e. The number of carbonyl (C=O) groups is 1. The summed E-state index contributed by atoms with van der Waals surface area (Å²) < 4.78 is 10.1. The molecule has 3 nitrogen and oxygen atoms in total. The van der Waals surface area contributed by atoms with Gasteiger partial charge in [-0.05, 0) is 27.7 Å². The number of hydrogen-bond acceptors (Lipinski definition) is 3. The lowest BCUT2D eigenvalue weighted by molar-refractivity contribution is -0.155. The lowest BCUT2D eigenvalue weighted by Crippen LogP contribution is -2.24. The summed E-state index contributed by atoms with van der Waals surface area (Å²) in [6.45, 7) is 11.1. The normalized spacial score (nSPS) is 10.8. The highest BCUT2D eigenvalue weighted by atomic mass is 16.6. The first-order valence-corrected chi connectivity index (χ1v) is 4.31. The summed E-state index contributed by atoms with van der Waals surface area (Å²) >= 11 is 0. The van der Waals surface area contributed by atoms with Crippen LogP contribution in [0.15, 0.2) is 12.3 Å². The van der Waals surface area contributed by atoms with Gasteiger partial charge in [-0.2, -0.15) is 0 Å². The Hall–Kier alpha value is -0.990. The van der Waals surface area contributed by atoms with E-state index in [0.29, 0.717) is 12.4 Å². The molecule has 13 heavy (non-hydrogen) atoms. The van der Waals surface area contributed by atoms with Gasteiger partial charge in [-0.15, -0.1) is 0 Å². The van der Waals surface area contributed by atoms with Crippen LogP contribution in [0.5, 0.6) is 0 Å². The molecule has 0 atom stereocenters. The van der Waals surface area contributed by atoms with Gasteiger partial charge >= 0.3 is 5.97 Å². The van der Waals surface area contributed by atoms with E-state index in [4.69, 9.17) is 9.47 Å². The number of carbonyl (C=O) groups excluding carboxylic acids is 1. The second kappa shape index (κ2) is 4.90. The second-order valence-electron chi connectivity index (χ2n) is 3.89. The van der Waals surface area contributed by atoms with Crippen molar-refractivity contribution in [1.82, 2.24) is 0 Å². The molecule has 0 unspecified atom stereocenters. The molecule has 0 aliphatic heterocycles. The third kappa shape index (κ3) is 8.92. The van der Waals surface area contributed by atoms with Crippen LogP contribution in [-0.4, -0.2) is 18.2 Å². The molecule has 0 aromatic rings. The molecule has 0 fully saturated rings. The minimum atomic E-state index is -0.416. The topological polar surface area (TPSA) is 35.5 Å². The summed E-state index contributed by atoms with van der Waals surface area (Å²) in [6, 6.07) is 0. The van der Waals surface area contributed by atoms with Crippen LogP contribution in [0.1, 0.15) is 34.1 Å². The van der Waals surface area contributed by atoms with Gasteiger partial charge in [-0.1, -0.05) is 6.58 Å². The molecule has 0 amide bonds. The number of hydrogen-bond donors (Lipinski definition) is 0. The average Bonchev–Trinajstić information content (AvgIpc) is 1.81. The predicted octanol–water partition coefficient (Wildman–Crippen LogP) is 2.27. The van der Waals surface area contributed by atoms with Crippen LogP contribution in [0.2, 0.25) is 0 Å². The molecule has 0 aromatic carbocycles. The van der Waals surface area contributed by atoms with Crippen molar-refractivity contribution in [1.29, 1.82) is 0 Å². The molecule has 0 saturated carbocycles. The summed E-state index contributed by atoms with van der Waals surface area (Å²) in [6.07, 6.45) is 0.268. The number of rotatable bonds is 4. The second-order valence-corrected chi connectivity index (χ2v) is 3.89. The molecule has 0 radical (unpaired) electrons. The fraction of sp³-hybridized carbons (Fsp3) is 0.700. The van der Waals surface area contributed by atoms with E-state index in [1.165, 1.54) is 0 Å². The molecule has 0 saturated heterocycles. The van der Waals surface area contributed by atoms with Crippen molar-refractivity contribution in [2.75, 3.05) is 6.61 Å². The van der Waals surface area contributed by atoms with E-state index < -0.39 is 5.60 Å². The first-order chi connectivity index (χ1) is 5.81. The molecule has 0 rings (SSSR count). The fourth-order valence-corrected chi connectivity index (χ4v) is 0.701. The van der Waals surface area contributed by atoms with E-state index in [2.05, 4.69) is 6.58 Å². The maximum atomic E-state index is 11.1. The standard InChI is InChI=1S/C10H18O3/c1-8(2)12-7-6-9(11)13-10(3,4)5/h1,6-7H2,2-5H3. The summed E-state index contributed by atoms with van der Waals surface area (Å²) in [4.78, 5) is 11.1. The van der Waals surface area contributed by atoms with Crippen LogP contribution in [0.25, 0.3) is 0 Å². The Labute approximate surface area is 79.7 Å². The van der Waals surface area contributed by atoms with Crippen molar-refractivity contribution in [3.8, 4) is 0 Å². The number of ether oxygens (including phenoxy) is 2. The predicted molar refractivity (Wildman–Crippen MR) is 51.2 cm³/mol. The van der Waals surface area contributed by atoms with Gasteiger partial charge < -0.3 is 9.47 Å². The third-order valence-corrected chi connectivity index (χ3v) is 1.07. The van der Waals surface area contributed by atoms with Gasteiger partial charge in [-0.3, -0.25) is 4.79 Å². The van der Waals surface area contributed by atoms with Crippen molar-refractivity contribution in [3.63, 3.8) is 0 Å². The van der Waals surface area contributed by atoms with E-state index in [9.17, 15) is 4.79 Å². The summed E-state index contributed by atoms with van der Waals surface area (Å²) in [7, 11) is 0. The molecule has 76 valence electrons. The first kappa shape index (κ1) is 12.0. The zero-order valence-corrected chi connectivity index (χ0v) is 8.85. The van der Waals surface area contributed by atoms with Gasteiger partial charge in [-0.25, -0.2) is 0 Å². The van der Waals surface area contributed by atoms with Crippen molar-refractivity contribution in [3.05, 3.63) is 12.3 Å². The van der Waals surface area contributed by atoms with Crippen LogP contribution in [0.4, 0.5) is 0 Å². The molecule has 0 spiro atoms. The Morgan fingerprint density at radius 1 is 1.38 bits per heavy atom. The molecule has 0 N–H and O–H groups in total. The van der Waals surface area contributed by atoms with Gasteiger partial charge in [0, 0.05) is 0 Å². The highest BCUT2D eigenvalue weighted by molar-refractivity contribution is 5.69. The Morgan fingerprint density at radius 3 is 2.31 bits per heavy atom. The number of esters is 1. The monoisotopic (exact) mass is 186 g/mol. The van der Waals surface area contributed by atoms with Crippen LogP contribution >= 0.6 is 0 Å². The molecule has 0 aliphatic rings. The van der Waals surface area contributed by atoms with Crippen molar-refractivity contribution in [2.24, 2.45) is 0 Å². The summed E-state index contributed by atoms with van der Waals surface area (Å²) in [5.41, 5.74) is -0.416. The Morgan fingerprint density at radius 2 is 1.92 bits per heavy atom. The average molecular weight is 186 g/mol. The Balaban J connectivity index is 3.59. The van der Waals surface area contributed by atoms with Crippen molar-refractivity contribution >= 4 is 5.97 Å². The molecule has 0 heterocycles. The SMILES string of the molecule is C=C(C)OCCC(=O)OC(C)(C)C. The summed E-state index contributed by atoms with van der Waals surface area (Å²) in [5, 5.41) is 0. The molecular formula is C10H18O3. The molecule has 0 aliphatic carbocycles. The number of allylic oxidation sites excluding steroid dienone is 1. The molecular weight excluding hydrogens is 168 g/mol. The highest BCUT2D eigenvalue weighted by Crippen LogP contribution is 2.08. The van der Waals surface area contributed by atoms with Gasteiger partial charge in [0.15, 0.2) is 0 Å². The van der Waals surface area contributed by atoms with E-state index >= 15 is 0 Å². The fourth-order valence-electron chi connectivity index (χ4n) is 0.701. The van der Waals surface area contributed by atoms with Crippen LogP contribution < -0.4 is 0 Å². The van der Waals surface area contributed by atoms with Crippen LogP contribution in [0.3, 0.4) is 0 Å². The van der Waals surface area contributed by atoms with Gasteiger partial charge in [0.2, 0.25) is 0 Å². The molecule has 3 heteroatoms. The van der Waals surface area contributed by atoms with Crippen molar-refractivity contribution in [2.45, 2.75) is 39.7 Å². The quantitative estimate of drug-likeness (QED) is 0.499. The lowest BCUT2D eigenvalue weighted by Gasteiger charge is -2.19. The van der Waals surface area contributed by atoms with Gasteiger partial charge in [0.25, 0.3) is 0 Å². The third-order valence-electron chi connectivity index (χ3n) is 1.07. The molecule has 0 aromatic heterocycles. The van der Waals surface area contributed by atoms with Crippen molar-refractivity contribution < 1.29 is 14.3 Å². The Bertz CT molecular complexity index is 189. The highest BCUT2D eigenvalue weighted by Gasteiger charge is 2.15. The summed E-state index contributed by atoms with van der Waals surface area (Å²) in [5.74, 6) is 0.373. The van der Waals surface area contributed by atoms with E-state index in [1.54, 1.807) is 6.92 Å². The minimum absolute atomic E-state index is 0.242. The Kier molecular flexibility index (Phi) is 4.52. The van der Waals surface area contributed by atoms with E-state index in [-0.39, 0.29) is 12.4 Å². The van der Waals surface area contributed by atoms with Gasteiger partial charge in [0.1, 0.15) is 5.60 Å². The maximum absolute atomic E-state index is 11.1. The van der Waals surface area contributed by atoms with E-state index in [0.717, 1.165) is 0 Å². The zero-order chi connectivity index (χ0) is 10.5. The first-order valence-electron chi connectivity index (χ1n) is 4.31. The zero-order valence-electron chi connectivity index (χ0n) is 8.85. The van der Waals surface area contributed by atoms with E-state index in [1.807, 2.05) is 20.8 Å². The smallest absolute Gasteiger partial charge is 0.309 e. The van der Waals surface area contributed by atoms with Crippen LogP contribution in [-0.2, 0) is 14.3 Å².